The lowest BCUT2D eigenvalue weighted by Crippen LogP contribution is -3.12. The van der Waals surface area contributed by atoms with Crippen LogP contribution in [0.5, 0.6) is 0 Å². The van der Waals surface area contributed by atoms with Crippen molar-refractivity contribution in [3.63, 3.8) is 0 Å². The molecule has 0 spiro atoms. The first-order valence-corrected chi connectivity index (χ1v) is 8.52. The van der Waals surface area contributed by atoms with Gasteiger partial charge in [0.1, 0.15) is 5.82 Å². The summed E-state index contributed by atoms with van der Waals surface area (Å²) in [6.45, 7) is 9.79. The Balaban J connectivity index is 1.84. The molecule has 1 aliphatic heterocycles. The summed E-state index contributed by atoms with van der Waals surface area (Å²) in [7, 11) is 0. The van der Waals surface area contributed by atoms with E-state index in [2.05, 4.69) is 47.8 Å². The van der Waals surface area contributed by atoms with E-state index in [-0.39, 0.29) is 0 Å². The van der Waals surface area contributed by atoms with E-state index >= 15 is 0 Å². The van der Waals surface area contributed by atoms with Gasteiger partial charge in [-0.1, -0.05) is 24.6 Å². The van der Waals surface area contributed by atoms with Crippen molar-refractivity contribution in [1.29, 1.82) is 0 Å². The summed E-state index contributed by atoms with van der Waals surface area (Å²) >= 11 is 5.67. The third-order valence-corrected chi connectivity index (χ3v) is 5.04. The molecule has 0 amide bonds. The number of nitrogens with one attached hydrogen (secondary N) is 1. The normalized spacial score (nSPS) is 22.0. The number of benzene rings is 1. The molecule has 1 aromatic heterocycles. The second-order valence-corrected chi connectivity index (χ2v) is 6.96. The van der Waals surface area contributed by atoms with Gasteiger partial charge in [-0.3, -0.25) is 4.57 Å². The van der Waals surface area contributed by atoms with E-state index < -0.39 is 0 Å². The number of hydrogen-bond donors (Lipinski definition) is 1. The van der Waals surface area contributed by atoms with E-state index in [0.717, 1.165) is 28.9 Å². The Labute approximate surface area is 137 Å². The Hall–Kier alpha value is -1.46. The number of quaternary nitrogens is 1. The van der Waals surface area contributed by atoms with Crippen LogP contribution < -0.4 is 4.90 Å². The first-order chi connectivity index (χ1) is 10.5. The monoisotopic (exact) mass is 317 g/mol. The summed E-state index contributed by atoms with van der Waals surface area (Å²) in [4.78, 5) is 1.59. The zero-order chi connectivity index (χ0) is 15.7. The van der Waals surface area contributed by atoms with Crippen molar-refractivity contribution in [3.8, 4) is 5.69 Å². The van der Waals surface area contributed by atoms with Crippen molar-refractivity contribution in [3.05, 3.63) is 40.4 Å². The average molecular weight is 317 g/mol. The Bertz CT molecular complexity index is 690. The minimum absolute atomic E-state index is 0.799. The van der Waals surface area contributed by atoms with Crippen LogP contribution in [0.15, 0.2) is 24.3 Å². The number of aromatic nitrogens is 3. The molecule has 1 fully saturated rings. The molecule has 5 heteroatoms. The topological polar surface area (TPSA) is 27.2 Å². The van der Waals surface area contributed by atoms with E-state index in [1.165, 1.54) is 31.5 Å². The molecular weight excluding hydrogens is 292 g/mol. The van der Waals surface area contributed by atoms with E-state index in [1.807, 2.05) is 11.6 Å². The minimum Gasteiger partial charge on any atom is -0.316 e. The fourth-order valence-corrected chi connectivity index (χ4v) is 3.49. The van der Waals surface area contributed by atoms with Crippen LogP contribution in [0.1, 0.15) is 31.2 Å². The van der Waals surface area contributed by atoms with Crippen molar-refractivity contribution in [1.82, 2.24) is 14.3 Å². The Morgan fingerprint density at radius 1 is 1.18 bits per heavy atom. The lowest BCUT2D eigenvalue weighted by molar-refractivity contribution is -0.929. The van der Waals surface area contributed by atoms with Gasteiger partial charge in [-0.25, -0.2) is 0 Å². The summed E-state index contributed by atoms with van der Waals surface area (Å²) in [5.41, 5.74) is 2.36. The fraction of sp³-hybridized carbons (Fsp3) is 0.529. The molecule has 0 unspecified atom stereocenters. The molecule has 22 heavy (non-hydrogen) atoms. The molecule has 0 bridgehead atoms. The number of aryl methyl sites for hydroxylation is 2. The smallest absolute Gasteiger partial charge is 0.207 e. The van der Waals surface area contributed by atoms with Gasteiger partial charge in [-0.15, -0.1) is 0 Å². The summed E-state index contributed by atoms with van der Waals surface area (Å²) in [5.74, 6) is 1.82. The van der Waals surface area contributed by atoms with E-state index in [1.54, 1.807) is 4.90 Å². The lowest BCUT2D eigenvalue weighted by atomic mass is 10.00. The maximum atomic E-state index is 5.67. The number of piperidine rings is 1. The van der Waals surface area contributed by atoms with Crippen LogP contribution in [-0.4, -0.2) is 27.4 Å². The van der Waals surface area contributed by atoms with Gasteiger partial charge < -0.3 is 4.90 Å². The van der Waals surface area contributed by atoms with Crippen molar-refractivity contribution < 1.29 is 4.90 Å². The summed E-state index contributed by atoms with van der Waals surface area (Å²) < 4.78 is 4.86. The van der Waals surface area contributed by atoms with Crippen LogP contribution in [0.25, 0.3) is 5.69 Å². The van der Waals surface area contributed by atoms with Crippen LogP contribution >= 0.6 is 12.2 Å². The number of rotatable bonds is 3. The van der Waals surface area contributed by atoms with Gasteiger partial charge in [0.25, 0.3) is 0 Å². The molecule has 2 aromatic rings. The molecule has 2 heterocycles. The van der Waals surface area contributed by atoms with E-state index in [4.69, 9.17) is 12.2 Å². The quantitative estimate of drug-likeness (QED) is 0.880. The van der Waals surface area contributed by atoms with Crippen molar-refractivity contribution >= 4 is 12.2 Å². The third-order valence-electron chi connectivity index (χ3n) is 4.65. The molecule has 1 aliphatic rings. The van der Waals surface area contributed by atoms with Crippen LogP contribution in [0.3, 0.4) is 0 Å². The highest BCUT2D eigenvalue weighted by atomic mass is 32.1. The minimum atomic E-state index is 0.799. The maximum absolute atomic E-state index is 5.67. The molecule has 0 atom stereocenters. The summed E-state index contributed by atoms with van der Waals surface area (Å²) in [6.07, 6.45) is 2.61. The van der Waals surface area contributed by atoms with Crippen LogP contribution in [-0.2, 0) is 6.67 Å². The zero-order valence-electron chi connectivity index (χ0n) is 13.7. The molecule has 1 aromatic carbocycles. The first-order valence-electron chi connectivity index (χ1n) is 8.11. The molecule has 3 rings (SSSR count). The van der Waals surface area contributed by atoms with E-state index in [9.17, 15) is 0 Å². The zero-order valence-corrected chi connectivity index (χ0v) is 14.5. The van der Waals surface area contributed by atoms with Crippen molar-refractivity contribution in [2.24, 2.45) is 5.92 Å². The Kier molecular flexibility index (Phi) is 4.45. The van der Waals surface area contributed by atoms with Crippen LogP contribution in [0.2, 0.25) is 0 Å². The number of likely N-dealkylation sites (tertiary alicyclic amines) is 1. The third kappa shape index (κ3) is 3.15. The highest BCUT2D eigenvalue weighted by molar-refractivity contribution is 7.71. The van der Waals surface area contributed by atoms with Crippen molar-refractivity contribution in [2.75, 3.05) is 13.1 Å². The molecule has 0 saturated carbocycles. The fourth-order valence-electron chi connectivity index (χ4n) is 3.15. The largest absolute Gasteiger partial charge is 0.316 e. The van der Waals surface area contributed by atoms with Gasteiger partial charge in [-0.05, 0) is 57.0 Å². The highest BCUT2D eigenvalue weighted by Gasteiger charge is 2.20. The first kappa shape index (κ1) is 15.4. The lowest BCUT2D eigenvalue weighted by Gasteiger charge is -2.26. The maximum Gasteiger partial charge on any atom is 0.207 e. The summed E-state index contributed by atoms with van der Waals surface area (Å²) in [6, 6.07) is 8.45. The van der Waals surface area contributed by atoms with Gasteiger partial charge in [0.2, 0.25) is 4.77 Å². The highest BCUT2D eigenvalue weighted by Crippen LogP contribution is 2.13. The van der Waals surface area contributed by atoms with Gasteiger partial charge in [-0.2, -0.15) is 9.78 Å². The second-order valence-electron chi connectivity index (χ2n) is 6.59. The second kappa shape index (κ2) is 6.34. The predicted octanol–water partition coefficient (Wildman–Crippen LogP) is 2.29. The predicted molar refractivity (Wildman–Crippen MR) is 91.0 cm³/mol. The number of hydrogen-bond acceptors (Lipinski definition) is 2. The molecule has 0 aliphatic carbocycles. The van der Waals surface area contributed by atoms with Gasteiger partial charge in [0.05, 0.1) is 13.1 Å². The van der Waals surface area contributed by atoms with Crippen LogP contribution in [0, 0.1) is 24.5 Å². The van der Waals surface area contributed by atoms with Gasteiger partial charge in [0, 0.05) is 5.69 Å². The molecule has 1 N–H and O–H groups in total. The Morgan fingerprint density at radius 3 is 2.45 bits per heavy atom. The molecule has 0 radical (unpaired) electrons. The average Bonchev–Trinajstić information content (AvgIpc) is 2.77. The van der Waals surface area contributed by atoms with Crippen LogP contribution in [0.4, 0.5) is 0 Å². The molecular formula is C17H25N4S+. The molecule has 118 valence electrons. The molecule has 4 nitrogen and oxygen atoms in total. The van der Waals surface area contributed by atoms with E-state index in [0.29, 0.717) is 0 Å². The SMILES string of the molecule is Cc1ccc(-n2c(C)nn(C[NH+]3CCC(C)CC3)c2=S)cc1. The Morgan fingerprint density at radius 2 is 1.82 bits per heavy atom. The van der Waals surface area contributed by atoms with Crippen molar-refractivity contribution in [2.45, 2.75) is 40.3 Å². The molecule has 1 saturated heterocycles. The van der Waals surface area contributed by atoms with Gasteiger partial charge in [0.15, 0.2) is 6.67 Å². The standard InChI is InChI=1S/C17H24N4S/c1-13-4-6-16(7-5-13)21-15(3)18-20(17(21)22)12-19-10-8-14(2)9-11-19/h4-7,14H,8-12H2,1-3H3/p+1. The number of nitrogens with zero attached hydrogens (tertiary/aromatic N) is 3. The summed E-state index contributed by atoms with van der Waals surface area (Å²) in [5, 5.41) is 4.68. The van der Waals surface area contributed by atoms with Gasteiger partial charge >= 0.3 is 0 Å².